The molecule has 6 heteroatoms. The summed E-state index contributed by atoms with van der Waals surface area (Å²) < 4.78 is 1.95. The number of anilines is 1. The number of halogens is 1. The smallest absolute Gasteiger partial charge is 0.162 e. The number of nitrogens with zero attached hydrogens (tertiary/aromatic N) is 4. The van der Waals surface area contributed by atoms with Crippen LogP contribution in [0.2, 0.25) is 5.02 Å². The average molecular weight is 317 g/mol. The van der Waals surface area contributed by atoms with E-state index in [-0.39, 0.29) is 0 Å². The third kappa shape index (κ3) is 2.22. The number of aromatic nitrogens is 3. The molecule has 3 heterocycles. The van der Waals surface area contributed by atoms with Gasteiger partial charge in [0.25, 0.3) is 0 Å². The van der Waals surface area contributed by atoms with Crippen molar-refractivity contribution in [1.82, 2.24) is 14.8 Å². The molecule has 4 rings (SSSR count). The van der Waals surface area contributed by atoms with Gasteiger partial charge in [-0.25, -0.2) is 9.67 Å². The molecular weight excluding hydrogens is 304 g/mol. The fraction of sp³-hybridized carbons (Fsp3) is 0.200. The largest absolute Gasteiger partial charge is 0.339 e. The zero-order chi connectivity index (χ0) is 14.4. The summed E-state index contributed by atoms with van der Waals surface area (Å²) in [4.78, 5) is 8.00. The molecule has 0 bridgehead atoms. The Bertz CT molecular complexity index is 790. The predicted molar refractivity (Wildman–Crippen MR) is 85.7 cm³/mol. The molecule has 0 fully saturated rings. The van der Waals surface area contributed by atoms with Gasteiger partial charge in [0.15, 0.2) is 5.82 Å². The number of fused-ring (bicyclic) bond motifs is 3. The lowest BCUT2D eigenvalue weighted by molar-refractivity contribution is 0.572. The van der Waals surface area contributed by atoms with Gasteiger partial charge in [-0.15, -0.1) is 11.3 Å². The molecule has 2 aromatic heterocycles. The van der Waals surface area contributed by atoms with Gasteiger partial charge in [-0.05, 0) is 30.7 Å². The van der Waals surface area contributed by atoms with Gasteiger partial charge in [0.1, 0.15) is 18.0 Å². The maximum atomic E-state index is 5.96. The Morgan fingerprint density at radius 3 is 2.90 bits per heavy atom. The van der Waals surface area contributed by atoms with E-state index in [0.717, 1.165) is 24.1 Å². The van der Waals surface area contributed by atoms with Crippen LogP contribution in [-0.4, -0.2) is 14.8 Å². The highest BCUT2D eigenvalue weighted by Crippen LogP contribution is 2.41. The van der Waals surface area contributed by atoms with Crippen LogP contribution in [0.4, 0.5) is 5.00 Å². The minimum Gasteiger partial charge on any atom is -0.339 e. The number of benzene rings is 1. The second-order valence-corrected chi connectivity index (χ2v) is 6.80. The lowest BCUT2D eigenvalue weighted by atomic mass is 10.2. The Morgan fingerprint density at radius 1 is 1.29 bits per heavy atom. The summed E-state index contributed by atoms with van der Waals surface area (Å²) in [7, 11) is 0. The highest BCUT2D eigenvalue weighted by atomic mass is 35.5. The molecule has 1 aliphatic heterocycles. The van der Waals surface area contributed by atoms with E-state index in [1.807, 2.05) is 16.8 Å². The average Bonchev–Trinajstić information content (AvgIpc) is 3.06. The van der Waals surface area contributed by atoms with Crippen molar-refractivity contribution >= 4 is 27.9 Å². The summed E-state index contributed by atoms with van der Waals surface area (Å²) >= 11 is 7.76. The molecule has 1 aromatic carbocycles. The number of aryl methyl sites for hydroxylation is 1. The normalized spacial score (nSPS) is 13.1. The van der Waals surface area contributed by atoms with Crippen molar-refractivity contribution in [3.63, 3.8) is 0 Å². The standard InChI is InChI=1S/C15H13ClN4S/c1-10-6-13-14-17-8-18-20(14)9-19(15(13)21-10)7-11-2-4-12(16)5-3-11/h2-6,8H,7,9H2,1H3. The Hall–Kier alpha value is -1.85. The van der Waals surface area contributed by atoms with E-state index in [9.17, 15) is 0 Å². The minimum absolute atomic E-state index is 0.727. The first-order chi connectivity index (χ1) is 10.2. The molecule has 0 radical (unpaired) electrons. The molecule has 0 aliphatic carbocycles. The fourth-order valence-electron chi connectivity index (χ4n) is 2.63. The van der Waals surface area contributed by atoms with Crippen molar-refractivity contribution in [2.45, 2.75) is 20.1 Å². The molecule has 0 unspecified atom stereocenters. The van der Waals surface area contributed by atoms with Crippen molar-refractivity contribution in [3.8, 4) is 11.4 Å². The lowest BCUT2D eigenvalue weighted by Crippen LogP contribution is -2.29. The maximum Gasteiger partial charge on any atom is 0.162 e. The number of hydrogen-bond donors (Lipinski definition) is 0. The lowest BCUT2D eigenvalue weighted by Gasteiger charge is -2.28. The molecule has 21 heavy (non-hydrogen) atoms. The summed E-state index contributed by atoms with van der Waals surface area (Å²) in [6.45, 7) is 3.69. The van der Waals surface area contributed by atoms with E-state index < -0.39 is 0 Å². The van der Waals surface area contributed by atoms with E-state index >= 15 is 0 Å². The Morgan fingerprint density at radius 2 is 2.10 bits per heavy atom. The summed E-state index contributed by atoms with van der Waals surface area (Å²) in [5, 5.41) is 6.35. The summed E-state index contributed by atoms with van der Waals surface area (Å²) in [5.74, 6) is 0.960. The fourth-order valence-corrected chi connectivity index (χ4v) is 3.75. The van der Waals surface area contributed by atoms with Crippen LogP contribution in [0.25, 0.3) is 11.4 Å². The van der Waals surface area contributed by atoms with Crippen LogP contribution in [0, 0.1) is 6.92 Å². The summed E-state index contributed by atoms with van der Waals surface area (Å²) in [5.41, 5.74) is 2.41. The first kappa shape index (κ1) is 12.9. The van der Waals surface area contributed by atoms with Gasteiger partial charge in [0.2, 0.25) is 0 Å². The molecule has 4 nitrogen and oxygen atoms in total. The van der Waals surface area contributed by atoms with Gasteiger partial charge >= 0.3 is 0 Å². The number of thiophene rings is 1. The molecule has 0 N–H and O–H groups in total. The SMILES string of the molecule is Cc1cc2c(s1)N(Cc1ccc(Cl)cc1)Cn1ncnc1-2. The van der Waals surface area contributed by atoms with Crippen LogP contribution in [0.1, 0.15) is 10.4 Å². The zero-order valence-electron chi connectivity index (χ0n) is 11.5. The zero-order valence-corrected chi connectivity index (χ0v) is 13.0. The Kier molecular flexibility index (Phi) is 2.97. The monoisotopic (exact) mass is 316 g/mol. The molecule has 0 atom stereocenters. The quantitative estimate of drug-likeness (QED) is 0.718. The second kappa shape index (κ2) is 4.86. The van der Waals surface area contributed by atoms with Gasteiger partial charge < -0.3 is 4.90 Å². The molecule has 0 saturated heterocycles. The molecule has 3 aromatic rings. The van der Waals surface area contributed by atoms with Gasteiger partial charge in [-0.2, -0.15) is 5.10 Å². The van der Waals surface area contributed by atoms with Gasteiger partial charge in [0.05, 0.1) is 5.56 Å². The van der Waals surface area contributed by atoms with Crippen molar-refractivity contribution in [2.24, 2.45) is 0 Å². The van der Waals surface area contributed by atoms with Crippen LogP contribution in [0.3, 0.4) is 0 Å². The van der Waals surface area contributed by atoms with Crippen molar-refractivity contribution < 1.29 is 0 Å². The minimum atomic E-state index is 0.727. The van der Waals surface area contributed by atoms with Crippen molar-refractivity contribution in [1.29, 1.82) is 0 Å². The number of hydrogen-bond acceptors (Lipinski definition) is 4. The van der Waals surface area contributed by atoms with Crippen LogP contribution < -0.4 is 4.90 Å². The second-order valence-electron chi connectivity index (χ2n) is 5.12. The molecule has 106 valence electrons. The summed E-state index contributed by atoms with van der Waals surface area (Å²) in [6, 6.07) is 10.2. The Balaban J connectivity index is 1.72. The van der Waals surface area contributed by atoms with Gasteiger partial charge in [0, 0.05) is 16.4 Å². The van der Waals surface area contributed by atoms with Crippen molar-refractivity contribution in [3.05, 3.63) is 52.1 Å². The first-order valence-corrected chi connectivity index (χ1v) is 7.88. The third-order valence-electron chi connectivity index (χ3n) is 3.57. The van der Waals surface area contributed by atoms with Crippen LogP contribution in [0.5, 0.6) is 0 Å². The van der Waals surface area contributed by atoms with Crippen LogP contribution >= 0.6 is 22.9 Å². The van der Waals surface area contributed by atoms with E-state index in [1.54, 1.807) is 17.7 Å². The molecule has 0 spiro atoms. The van der Waals surface area contributed by atoms with Gasteiger partial charge in [-0.1, -0.05) is 23.7 Å². The first-order valence-electron chi connectivity index (χ1n) is 6.69. The molecule has 0 saturated carbocycles. The topological polar surface area (TPSA) is 34.0 Å². The molecule has 0 amide bonds. The van der Waals surface area contributed by atoms with Crippen LogP contribution in [0.15, 0.2) is 36.7 Å². The highest BCUT2D eigenvalue weighted by molar-refractivity contribution is 7.16. The maximum absolute atomic E-state index is 5.96. The van der Waals surface area contributed by atoms with E-state index in [4.69, 9.17) is 11.6 Å². The van der Waals surface area contributed by atoms with Crippen LogP contribution in [-0.2, 0) is 13.2 Å². The Labute approximate surface area is 131 Å². The third-order valence-corrected chi connectivity index (χ3v) is 4.93. The summed E-state index contributed by atoms with van der Waals surface area (Å²) in [6.07, 6.45) is 1.62. The van der Waals surface area contributed by atoms with Gasteiger partial charge in [-0.3, -0.25) is 0 Å². The predicted octanol–water partition coefficient (Wildman–Crippen LogP) is 3.95. The van der Waals surface area contributed by atoms with E-state index in [1.165, 1.54) is 21.0 Å². The molecule has 1 aliphatic rings. The number of rotatable bonds is 2. The van der Waals surface area contributed by atoms with E-state index in [0.29, 0.717) is 0 Å². The molecular formula is C15H13ClN4S. The highest BCUT2D eigenvalue weighted by Gasteiger charge is 2.25. The van der Waals surface area contributed by atoms with Crippen molar-refractivity contribution in [2.75, 3.05) is 4.90 Å². The van der Waals surface area contributed by atoms with E-state index in [2.05, 4.69) is 40.1 Å².